The summed E-state index contributed by atoms with van der Waals surface area (Å²) in [6.45, 7) is 3.80. The molecule has 134 valence electrons. The van der Waals surface area contributed by atoms with E-state index in [0.717, 1.165) is 24.1 Å². The molecule has 0 bridgehead atoms. The highest BCUT2D eigenvalue weighted by Crippen LogP contribution is 2.31. The van der Waals surface area contributed by atoms with Crippen molar-refractivity contribution in [3.05, 3.63) is 24.0 Å². The van der Waals surface area contributed by atoms with Crippen molar-refractivity contribution in [1.29, 1.82) is 0 Å². The van der Waals surface area contributed by atoms with Crippen LogP contribution in [0.1, 0.15) is 49.0 Å². The lowest BCUT2D eigenvalue weighted by molar-refractivity contribution is 0.0781. The zero-order valence-electron chi connectivity index (χ0n) is 15.4. The van der Waals surface area contributed by atoms with Crippen molar-refractivity contribution >= 4 is 16.9 Å². The summed E-state index contributed by atoms with van der Waals surface area (Å²) >= 11 is 0. The second kappa shape index (κ2) is 6.41. The molecule has 2 aromatic rings. The first-order chi connectivity index (χ1) is 12.0. The molecule has 6 heteroatoms. The number of amides is 1. The van der Waals surface area contributed by atoms with Gasteiger partial charge < -0.3 is 9.80 Å². The fourth-order valence-corrected chi connectivity index (χ4v) is 4.44. The molecule has 4 rings (SSSR count). The van der Waals surface area contributed by atoms with E-state index in [0.29, 0.717) is 23.6 Å². The molecule has 1 saturated heterocycles. The number of hydrogen-bond donors (Lipinski definition) is 0. The van der Waals surface area contributed by atoms with E-state index in [2.05, 4.69) is 40.7 Å². The quantitative estimate of drug-likeness (QED) is 0.861. The molecule has 0 aromatic carbocycles. The molecule has 2 aliphatic rings. The maximum Gasteiger partial charge on any atom is 0.255 e. The Balaban J connectivity index is 1.57. The number of likely N-dealkylation sites (N-methyl/N-ethyl adjacent to an activating group) is 1. The van der Waals surface area contributed by atoms with Crippen molar-refractivity contribution in [2.75, 3.05) is 27.2 Å². The maximum atomic E-state index is 12.9. The summed E-state index contributed by atoms with van der Waals surface area (Å²) < 4.78 is 2.05. The van der Waals surface area contributed by atoms with Gasteiger partial charge in [-0.15, -0.1) is 0 Å². The van der Waals surface area contributed by atoms with Crippen LogP contribution in [0.5, 0.6) is 0 Å². The summed E-state index contributed by atoms with van der Waals surface area (Å²) in [5.74, 6) is 0.569. The fraction of sp³-hybridized carbons (Fsp3) is 0.632. The number of hydrogen-bond acceptors (Lipinski definition) is 4. The van der Waals surface area contributed by atoms with Crippen molar-refractivity contribution in [1.82, 2.24) is 24.6 Å². The minimum absolute atomic E-state index is 0.0826. The average molecular weight is 341 g/mol. The second-order valence-electron chi connectivity index (χ2n) is 7.88. The Morgan fingerprint density at radius 2 is 1.96 bits per heavy atom. The summed E-state index contributed by atoms with van der Waals surface area (Å²) in [6, 6.07) is 2.84. The summed E-state index contributed by atoms with van der Waals surface area (Å²) in [6.07, 6.45) is 8.47. The predicted octanol–water partition coefficient (Wildman–Crippen LogP) is 2.57. The van der Waals surface area contributed by atoms with E-state index in [9.17, 15) is 4.79 Å². The van der Waals surface area contributed by atoms with Crippen LogP contribution in [-0.4, -0.2) is 63.7 Å². The molecule has 6 nitrogen and oxygen atoms in total. The molecule has 2 fully saturated rings. The van der Waals surface area contributed by atoms with Crippen molar-refractivity contribution in [3.8, 4) is 0 Å². The molecule has 0 spiro atoms. The van der Waals surface area contributed by atoms with Gasteiger partial charge in [-0.1, -0.05) is 19.8 Å². The maximum absolute atomic E-state index is 12.9. The number of carbonyl (C=O) groups excluding carboxylic acids is 1. The van der Waals surface area contributed by atoms with E-state index in [1.165, 1.54) is 25.7 Å². The third-order valence-electron chi connectivity index (χ3n) is 5.87. The molecular formula is C19H27N5O. The van der Waals surface area contributed by atoms with E-state index in [-0.39, 0.29) is 5.91 Å². The van der Waals surface area contributed by atoms with Gasteiger partial charge in [0.2, 0.25) is 0 Å². The third kappa shape index (κ3) is 2.92. The van der Waals surface area contributed by atoms with Crippen LogP contribution in [0, 0.1) is 5.92 Å². The van der Waals surface area contributed by atoms with Crippen molar-refractivity contribution in [3.63, 3.8) is 0 Å². The lowest BCUT2D eigenvalue weighted by Gasteiger charge is -2.22. The zero-order valence-corrected chi connectivity index (χ0v) is 15.4. The Labute approximate surface area is 148 Å². The Morgan fingerprint density at radius 3 is 2.64 bits per heavy atom. The normalized spacial score (nSPS) is 24.7. The number of aromatic nitrogens is 3. The SMILES string of the molecule is C[C@@H]1CN(C(=O)c2cnc3c(cnn3C3CCCC3)c2)C[C@@H]1N(C)C. The zero-order chi connectivity index (χ0) is 17.6. The average Bonchev–Trinajstić information content (AvgIpc) is 3.32. The highest BCUT2D eigenvalue weighted by Gasteiger charge is 2.34. The van der Waals surface area contributed by atoms with Gasteiger partial charge in [-0.05, 0) is 38.9 Å². The lowest BCUT2D eigenvalue weighted by atomic mass is 10.1. The summed E-state index contributed by atoms with van der Waals surface area (Å²) in [7, 11) is 4.17. The summed E-state index contributed by atoms with van der Waals surface area (Å²) in [4.78, 5) is 21.7. The molecule has 2 atom stereocenters. The second-order valence-corrected chi connectivity index (χ2v) is 7.88. The molecule has 25 heavy (non-hydrogen) atoms. The molecule has 0 N–H and O–H groups in total. The molecule has 0 unspecified atom stereocenters. The molecule has 0 radical (unpaired) electrons. The van der Waals surface area contributed by atoms with Crippen LogP contribution in [0.4, 0.5) is 0 Å². The van der Waals surface area contributed by atoms with Crippen LogP contribution in [0.2, 0.25) is 0 Å². The third-order valence-corrected chi connectivity index (χ3v) is 5.87. The molecule has 1 aliphatic carbocycles. The molecule has 1 amide bonds. The van der Waals surface area contributed by atoms with Crippen molar-refractivity contribution in [2.24, 2.45) is 5.92 Å². The Morgan fingerprint density at radius 1 is 1.20 bits per heavy atom. The Hall–Kier alpha value is -1.95. The van der Waals surface area contributed by atoms with E-state index in [4.69, 9.17) is 0 Å². The standard InChI is InChI=1S/C19H27N5O/c1-13-11-23(12-17(13)22(2)3)19(25)15-8-14-10-21-24(18(14)20-9-15)16-6-4-5-7-16/h8-10,13,16-17H,4-7,11-12H2,1-3H3/t13-,17+/m1/s1. The van der Waals surface area contributed by atoms with Crippen LogP contribution in [0.15, 0.2) is 18.5 Å². The lowest BCUT2D eigenvalue weighted by Crippen LogP contribution is -2.35. The number of carbonyl (C=O) groups is 1. The molecular weight excluding hydrogens is 314 g/mol. The van der Waals surface area contributed by atoms with Gasteiger partial charge in [-0.3, -0.25) is 4.79 Å². The number of likely N-dealkylation sites (tertiary alicyclic amines) is 1. The largest absolute Gasteiger partial charge is 0.337 e. The van der Waals surface area contributed by atoms with Crippen molar-refractivity contribution < 1.29 is 4.79 Å². The smallest absolute Gasteiger partial charge is 0.255 e. The Kier molecular flexibility index (Phi) is 4.23. The van der Waals surface area contributed by atoms with Crippen molar-refractivity contribution in [2.45, 2.75) is 44.7 Å². The van der Waals surface area contributed by atoms with Gasteiger partial charge in [0.05, 0.1) is 17.8 Å². The molecule has 3 heterocycles. The number of pyridine rings is 1. The van der Waals surface area contributed by atoms with Gasteiger partial charge in [0.1, 0.15) is 0 Å². The molecule has 1 saturated carbocycles. The van der Waals surface area contributed by atoms with Crippen LogP contribution < -0.4 is 0 Å². The summed E-state index contributed by atoms with van der Waals surface area (Å²) in [5.41, 5.74) is 1.58. The number of fused-ring (bicyclic) bond motifs is 1. The highest BCUT2D eigenvalue weighted by atomic mass is 16.2. The minimum atomic E-state index is 0.0826. The van der Waals surface area contributed by atoms with Crippen LogP contribution in [-0.2, 0) is 0 Å². The van der Waals surface area contributed by atoms with Gasteiger partial charge in [-0.2, -0.15) is 5.10 Å². The first-order valence-corrected chi connectivity index (χ1v) is 9.33. The Bertz CT molecular complexity index is 777. The van der Waals surface area contributed by atoms with Gasteiger partial charge in [0.15, 0.2) is 5.65 Å². The van der Waals surface area contributed by atoms with Gasteiger partial charge in [0.25, 0.3) is 5.91 Å². The minimum Gasteiger partial charge on any atom is -0.337 e. The van der Waals surface area contributed by atoms with Crippen LogP contribution >= 0.6 is 0 Å². The van der Waals surface area contributed by atoms with E-state index in [1.807, 2.05) is 17.2 Å². The van der Waals surface area contributed by atoms with Gasteiger partial charge >= 0.3 is 0 Å². The summed E-state index contributed by atoms with van der Waals surface area (Å²) in [5, 5.41) is 5.51. The fourth-order valence-electron chi connectivity index (χ4n) is 4.44. The number of rotatable bonds is 3. The van der Waals surface area contributed by atoms with E-state index in [1.54, 1.807) is 6.20 Å². The first kappa shape index (κ1) is 16.5. The van der Waals surface area contributed by atoms with E-state index >= 15 is 0 Å². The topological polar surface area (TPSA) is 54.3 Å². The predicted molar refractivity (Wildman–Crippen MR) is 97.6 cm³/mol. The van der Waals surface area contributed by atoms with E-state index < -0.39 is 0 Å². The highest BCUT2D eigenvalue weighted by molar-refractivity contribution is 5.97. The van der Waals surface area contributed by atoms with Crippen LogP contribution in [0.25, 0.3) is 11.0 Å². The van der Waals surface area contributed by atoms with Gasteiger partial charge in [-0.25, -0.2) is 9.67 Å². The monoisotopic (exact) mass is 341 g/mol. The first-order valence-electron chi connectivity index (χ1n) is 9.33. The molecule has 2 aromatic heterocycles. The van der Waals surface area contributed by atoms with Crippen LogP contribution in [0.3, 0.4) is 0 Å². The molecule has 1 aliphatic heterocycles. The van der Waals surface area contributed by atoms with Gasteiger partial charge in [0, 0.05) is 30.7 Å². The number of nitrogens with zero attached hydrogens (tertiary/aromatic N) is 5.